The minimum atomic E-state index is -1.58. The third-order valence-electron chi connectivity index (χ3n) is 4.49. The molecule has 0 fully saturated rings. The summed E-state index contributed by atoms with van der Waals surface area (Å²) in [7, 11) is 1.53. The number of benzene rings is 2. The lowest BCUT2D eigenvalue weighted by atomic mass is 9.86. The zero-order valence-corrected chi connectivity index (χ0v) is 15.9. The molecular formula is C21H24FNO5. The first-order chi connectivity index (χ1) is 13.4. The van der Waals surface area contributed by atoms with Crippen LogP contribution in [-0.2, 0) is 26.4 Å². The van der Waals surface area contributed by atoms with Gasteiger partial charge < -0.3 is 19.9 Å². The van der Waals surface area contributed by atoms with E-state index in [1.807, 2.05) is 0 Å². The fourth-order valence-electron chi connectivity index (χ4n) is 2.83. The number of amides is 1. The van der Waals surface area contributed by atoms with Crippen LogP contribution in [0.1, 0.15) is 34.8 Å². The van der Waals surface area contributed by atoms with Crippen molar-refractivity contribution >= 4 is 11.9 Å². The van der Waals surface area contributed by atoms with Crippen LogP contribution >= 0.6 is 0 Å². The number of rotatable bonds is 10. The van der Waals surface area contributed by atoms with Crippen molar-refractivity contribution in [2.24, 2.45) is 0 Å². The van der Waals surface area contributed by atoms with Crippen molar-refractivity contribution < 1.29 is 28.6 Å². The molecule has 0 bridgehead atoms. The summed E-state index contributed by atoms with van der Waals surface area (Å²) in [4.78, 5) is 24.8. The molecule has 1 unspecified atom stereocenters. The lowest BCUT2D eigenvalue weighted by Crippen LogP contribution is -2.51. The Bertz CT molecular complexity index is 812. The summed E-state index contributed by atoms with van der Waals surface area (Å²) < 4.78 is 24.2. The fraction of sp³-hybridized carbons (Fsp3) is 0.333. The number of carboxylic acids is 1. The summed E-state index contributed by atoms with van der Waals surface area (Å²) in [5.74, 6) is -2.27. The van der Waals surface area contributed by atoms with Gasteiger partial charge in [0.05, 0.1) is 19.8 Å². The largest absolute Gasteiger partial charge is 0.479 e. The molecule has 0 saturated heterocycles. The molecule has 2 rings (SSSR count). The zero-order valence-electron chi connectivity index (χ0n) is 15.9. The van der Waals surface area contributed by atoms with Gasteiger partial charge in [-0.3, -0.25) is 4.79 Å². The first-order valence-electron chi connectivity index (χ1n) is 8.91. The Morgan fingerprint density at radius 2 is 1.86 bits per heavy atom. The van der Waals surface area contributed by atoms with Gasteiger partial charge in [0.1, 0.15) is 5.82 Å². The number of carboxylic acid groups (broad SMARTS) is 1. The van der Waals surface area contributed by atoms with Crippen molar-refractivity contribution in [2.45, 2.75) is 25.5 Å². The minimum absolute atomic E-state index is 0.0210. The number of methoxy groups -OCH3 is 1. The standard InChI is InChI=1S/C21H24FNO5/c1-3-21(20(25)26,17-7-5-4-6-8-17)23-19(24)15-9-10-18(22)16(13-15)14-28-12-11-27-2/h4-10,13H,3,11-12,14H2,1-2H3,(H,23,24)(H,25,26). The van der Waals surface area contributed by atoms with Gasteiger partial charge in [0.15, 0.2) is 5.54 Å². The van der Waals surface area contributed by atoms with E-state index in [-0.39, 0.29) is 24.2 Å². The molecule has 0 radical (unpaired) electrons. The van der Waals surface area contributed by atoms with Crippen molar-refractivity contribution in [2.75, 3.05) is 20.3 Å². The molecule has 0 saturated carbocycles. The molecule has 0 aliphatic rings. The van der Waals surface area contributed by atoms with Crippen LogP contribution in [0.4, 0.5) is 4.39 Å². The zero-order chi connectivity index (χ0) is 20.6. The van der Waals surface area contributed by atoms with Crippen LogP contribution in [0.25, 0.3) is 0 Å². The van der Waals surface area contributed by atoms with Crippen molar-refractivity contribution in [3.8, 4) is 0 Å². The SMILES string of the molecule is CCC(NC(=O)c1ccc(F)c(COCCOC)c1)(C(=O)O)c1ccccc1. The summed E-state index contributed by atoms with van der Waals surface area (Å²) in [6, 6.07) is 12.3. The van der Waals surface area contributed by atoms with Gasteiger partial charge in [-0.05, 0) is 30.2 Å². The first-order valence-corrected chi connectivity index (χ1v) is 8.91. The molecule has 150 valence electrons. The number of carbonyl (C=O) groups is 2. The molecule has 6 nitrogen and oxygen atoms in total. The lowest BCUT2D eigenvalue weighted by molar-refractivity contribution is -0.145. The van der Waals surface area contributed by atoms with Crippen LogP contribution in [0.5, 0.6) is 0 Å². The number of hydrogen-bond acceptors (Lipinski definition) is 4. The van der Waals surface area contributed by atoms with Crippen molar-refractivity contribution in [3.63, 3.8) is 0 Å². The van der Waals surface area contributed by atoms with Gasteiger partial charge in [0.2, 0.25) is 0 Å². The van der Waals surface area contributed by atoms with Crippen molar-refractivity contribution in [3.05, 3.63) is 71.0 Å². The molecule has 1 atom stereocenters. The number of aliphatic carboxylic acids is 1. The molecule has 0 aliphatic carbocycles. The van der Waals surface area contributed by atoms with Gasteiger partial charge in [0, 0.05) is 18.2 Å². The summed E-state index contributed by atoms with van der Waals surface area (Å²) in [5, 5.41) is 12.4. The Hall–Kier alpha value is -2.77. The minimum Gasteiger partial charge on any atom is -0.479 e. The Morgan fingerprint density at radius 1 is 1.14 bits per heavy atom. The molecule has 28 heavy (non-hydrogen) atoms. The average Bonchev–Trinajstić information content (AvgIpc) is 2.71. The fourth-order valence-corrected chi connectivity index (χ4v) is 2.83. The lowest BCUT2D eigenvalue weighted by Gasteiger charge is -2.30. The van der Waals surface area contributed by atoms with Gasteiger partial charge in [-0.1, -0.05) is 37.3 Å². The van der Waals surface area contributed by atoms with Crippen LogP contribution in [-0.4, -0.2) is 37.3 Å². The van der Waals surface area contributed by atoms with E-state index in [0.717, 1.165) is 0 Å². The maximum Gasteiger partial charge on any atom is 0.334 e. The van der Waals surface area contributed by atoms with E-state index in [2.05, 4.69) is 5.32 Å². The molecule has 2 aromatic rings. The topological polar surface area (TPSA) is 84.9 Å². The van der Waals surface area contributed by atoms with E-state index in [4.69, 9.17) is 9.47 Å². The Labute approximate surface area is 163 Å². The number of halogens is 1. The van der Waals surface area contributed by atoms with E-state index < -0.39 is 23.2 Å². The summed E-state index contributed by atoms with van der Waals surface area (Å²) >= 11 is 0. The molecular weight excluding hydrogens is 365 g/mol. The van der Waals surface area contributed by atoms with Gasteiger partial charge in [-0.15, -0.1) is 0 Å². The van der Waals surface area contributed by atoms with Crippen LogP contribution < -0.4 is 5.32 Å². The summed E-state index contributed by atoms with van der Waals surface area (Å²) in [5.41, 5.74) is -0.756. The van der Waals surface area contributed by atoms with Crippen molar-refractivity contribution in [1.82, 2.24) is 5.32 Å². The maximum absolute atomic E-state index is 14.0. The van der Waals surface area contributed by atoms with E-state index in [1.54, 1.807) is 37.3 Å². The van der Waals surface area contributed by atoms with Gasteiger partial charge in [-0.25, -0.2) is 9.18 Å². The molecule has 2 aromatic carbocycles. The Balaban J connectivity index is 2.25. The van der Waals surface area contributed by atoms with E-state index >= 15 is 0 Å². The Kier molecular flexibility index (Phi) is 7.66. The van der Waals surface area contributed by atoms with Crippen molar-refractivity contribution in [1.29, 1.82) is 0 Å². The predicted octanol–water partition coefficient (Wildman–Crippen LogP) is 3.11. The quantitative estimate of drug-likeness (QED) is 0.610. The van der Waals surface area contributed by atoms with E-state index in [1.165, 1.54) is 25.3 Å². The summed E-state index contributed by atoms with van der Waals surface area (Å²) in [6.07, 6.45) is 0.145. The van der Waals surface area contributed by atoms with Gasteiger partial charge in [0.25, 0.3) is 5.91 Å². The third kappa shape index (κ3) is 4.94. The second kappa shape index (κ2) is 9.96. The van der Waals surface area contributed by atoms with Crippen LogP contribution in [0.15, 0.2) is 48.5 Å². The van der Waals surface area contributed by atoms with Crippen LogP contribution in [0.2, 0.25) is 0 Å². The predicted molar refractivity (Wildman–Crippen MR) is 101 cm³/mol. The number of hydrogen-bond donors (Lipinski definition) is 2. The summed E-state index contributed by atoms with van der Waals surface area (Å²) in [6.45, 7) is 2.32. The van der Waals surface area contributed by atoms with E-state index in [9.17, 15) is 19.1 Å². The Morgan fingerprint density at radius 3 is 2.46 bits per heavy atom. The third-order valence-corrected chi connectivity index (χ3v) is 4.49. The number of ether oxygens (including phenoxy) is 2. The highest BCUT2D eigenvalue weighted by molar-refractivity contribution is 5.98. The van der Waals surface area contributed by atoms with Gasteiger partial charge >= 0.3 is 5.97 Å². The van der Waals surface area contributed by atoms with Crippen LogP contribution in [0.3, 0.4) is 0 Å². The second-order valence-electron chi connectivity index (χ2n) is 6.24. The number of nitrogens with one attached hydrogen (secondary N) is 1. The molecule has 7 heteroatoms. The molecule has 2 N–H and O–H groups in total. The highest BCUT2D eigenvalue weighted by Gasteiger charge is 2.40. The smallest absolute Gasteiger partial charge is 0.334 e. The molecule has 0 aromatic heterocycles. The van der Waals surface area contributed by atoms with E-state index in [0.29, 0.717) is 18.8 Å². The monoisotopic (exact) mass is 389 g/mol. The molecule has 1 amide bonds. The highest BCUT2D eigenvalue weighted by Crippen LogP contribution is 2.26. The second-order valence-corrected chi connectivity index (χ2v) is 6.24. The first kappa shape index (κ1) is 21.5. The molecule has 0 aliphatic heterocycles. The molecule has 0 spiro atoms. The highest BCUT2D eigenvalue weighted by atomic mass is 19.1. The number of carbonyl (C=O) groups excluding carboxylic acids is 1. The average molecular weight is 389 g/mol. The van der Waals surface area contributed by atoms with Gasteiger partial charge in [-0.2, -0.15) is 0 Å². The molecule has 0 heterocycles. The maximum atomic E-state index is 14.0. The van der Waals surface area contributed by atoms with Crippen LogP contribution in [0, 0.1) is 5.82 Å². The normalized spacial score (nSPS) is 13.0.